The molecule has 0 atom stereocenters. The third-order valence-corrected chi connectivity index (χ3v) is 3.44. The lowest BCUT2D eigenvalue weighted by molar-refractivity contribution is -0.0742. The Balaban J connectivity index is 2.46. The fourth-order valence-corrected chi connectivity index (χ4v) is 2.21. The van der Waals surface area contributed by atoms with Gasteiger partial charge in [0, 0.05) is 32.8 Å². The Morgan fingerprint density at radius 1 is 1.36 bits per heavy atom. The Hall–Kier alpha value is -0.120. The topological polar surface area (TPSA) is 32.7 Å². The van der Waals surface area contributed by atoms with Crippen molar-refractivity contribution in [1.82, 2.24) is 4.90 Å². The summed E-state index contributed by atoms with van der Waals surface area (Å²) in [5.41, 5.74) is -0.0554. The molecule has 1 heterocycles. The van der Waals surface area contributed by atoms with Crippen LogP contribution in [0.3, 0.4) is 0 Å². The number of ether oxygens (including phenoxy) is 1. The van der Waals surface area contributed by atoms with E-state index >= 15 is 0 Å². The van der Waals surface area contributed by atoms with E-state index in [1.807, 2.05) is 0 Å². The number of nitrogens with zero attached hydrogens (tertiary/aromatic N) is 1. The molecular weight excluding hydrogens is 178 g/mol. The highest BCUT2D eigenvalue weighted by atomic mass is 16.5. The first-order valence-corrected chi connectivity index (χ1v) is 5.53. The average Bonchev–Trinajstić information content (AvgIpc) is 2.19. The molecule has 1 aliphatic rings. The van der Waals surface area contributed by atoms with Crippen molar-refractivity contribution in [2.24, 2.45) is 0 Å². The third-order valence-electron chi connectivity index (χ3n) is 3.44. The van der Waals surface area contributed by atoms with Gasteiger partial charge < -0.3 is 14.7 Å². The first kappa shape index (κ1) is 12.0. The van der Waals surface area contributed by atoms with Crippen LogP contribution in [0.1, 0.15) is 33.1 Å². The van der Waals surface area contributed by atoms with Crippen molar-refractivity contribution in [2.45, 2.75) is 44.8 Å². The van der Waals surface area contributed by atoms with Crippen molar-refractivity contribution in [1.29, 1.82) is 0 Å². The fourth-order valence-electron chi connectivity index (χ4n) is 2.21. The van der Waals surface area contributed by atoms with E-state index in [0.717, 1.165) is 32.4 Å². The van der Waals surface area contributed by atoms with Gasteiger partial charge in [0.15, 0.2) is 0 Å². The van der Waals surface area contributed by atoms with E-state index in [9.17, 15) is 0 Å². The molecular formula is C11H23NO2. The highest BCUT2D eigenvalue weighted by molar-refractivity contribution is 4.88. The number of piperidine rings is 1. The largest absolute Gasteiger partial charge is 0.396 e. The van der Waals surface area contributed by atoms with Gasteiger partial charge in [0.05, 0.1) is 5.60 Å². The Kier molecular flexibility index (Phi) is 4.35. The molecule has 1 saturated heterocycles. The van der Waals surface area contributed by atoms with E-state index < -0.39 is 0 Å². The summed E-state index contributed by atoms with van der Waals surface area (Å²) >= 11 is 0. The van der Waals surface area contributed by atoms with Gasteiger partial charge in [-0.3, -0.25) is 0 Å². The lowest BCUT2D eigenvalue weighted by Gasteiger charge is -2.42. The van der Waals surface area contributed by atoms with Crippen molar-refractivity contribution >= 4 is 0 Å². The Labute approximate surface area is 87.1 Å². The zero-order chi connectivity index (χ0) is 10.6. The van der Waals surface area contributed by atoms with Crippen LogP contribution >= 0.6 is 0 Å². The van der Waals surface area contributed by atoms with Crippen LogP contribution in [0.15, 0.2) is 0 Å². The summed E-state index contributed by atoms with van der Waals surface area (Å²) in [4.78, 5) is 2.47. The molecule has 1 fully saturated rings. The fraction of sp³-hybridized carbons (Fsp3) is 1.00. The van der Waals surface area contributed by atoms with Crippen LogP contribution in [0, 0.1) is 0 Å². The second kappa shape index (κ2) is 5.10. The summed E-state index contributed by atoms with van der Waals surface area (Å²) in [6.45, 7) is 6.87. The first-order valence-electron chi connectivity index (χ1n) is 5.53. The molecule has 0 spiro atoms. The van der Waals surface area contributed by atoms with Crippen LogP contribution in [0.5, 0.6) is 0 Å². The molecule has 1 rings (SSSR count). The number of aliphatic hydroxyl groups excluding tert-OH is 1. The maximum absolute atomic E-state index is 9.00. The highest BCUT2D eigenvalue weighted by Gasteiger charge is 2.34. The molecule has 84 valence electrons. The molecule has 1 N–H and O–H groups in total. The molecule has 1 aliphatic heterocycles. The van der Waals surface area contributed by atoms with Gasteiger partial charge >= 0.3 is 0 Å². The highest BCUT2D eigenvalue weighted by Crippen LogP contribution is 2.29. The maximum Gasteiger partial charge on any atom is 0.0724 e. The summed E-state index contributed by atoms with van der Waals surface area (Å²) in [5.74, 6) is 0. The van der Waals surface area contributed by atoms with E-state index in [2.05, 4.69) is 18.7 Å². The van der Waals surface area contributed by atoms with Gasteiger partial charge in [-0.1, -0.05) is 0 Å². The van der Waals surface area contributed by atoms with Crippen molar-refractivity contribution in [3.63, 3.8) is 0 Å². The standard InChI is InChI=1S/C11H23NO2/c1-10(2)12-7-4-11(14-3,5-8-12)6-9-13/h10,13H,4-9H2,1-3H3. The summed E-state index contributed by atoms with van der Waals surface area (Å²) < 4.78 is 5.56. The molecule has 3 heteroatoms. The second-order valence-corrected chi connectivity index (χ2v) is 4.49. The summed E-state index contributed by atoms with van der Waals surface area (Å²) in [5, 5.41) is 9.00. The molecule has 0 aromatic heterocycles. The number of likely N-dealkylation sites (tertiary alicyclic amines) is 1. The van der Waals surface area contributed by atoms with Crippen molar-refractivity contribution in [3.05, 3.63) is 0 Å². The number of rotatable bonds is 4. The second-order valence-electron chi connectivity index (χ2n) is 4.49. The predicted molar refractivity (Wildman–Crippen MR) is 57.4 cm³/mol. The smallest absolute Gasteiger partial charge is 0.0724 e. The zero-order valence-corrected chi connectivity index (χ0v) is 9.62. The van der Waals surface area contributed by atoms with Crippen LogP contribution in [0.4, 0.5) is 0 Å². The van der Waals surface area contributed by atoms with Crippen LogP contribution in [0.25, 0.3) is 0 Å². The lowest BCUT2D eigenvalue weighted by atomic mass is 9.87. The number of aliphatic hydroxyl groups is 1. The van der Waals surface area contributed by atoms with Gasteiger partial charge in [-0.2, -0.15) is 0 Å². The van der Waals surface area contributed by atoms with E-state index in [0.29, 0.717) is 6.04 Å². The summed E-state index contributed by atoms with van der Waals surface area (Å²) in [6, 6.07) is 0.624. The SMILES string of the molecule is COC1(CCO)CCN(C(C)C)CC1. The molecule has 14 heavy (non-hydrogen) atoms. The van der Waals surface area contributed by atoms with Crippen molar-refractivity contribution < 1.29 is 9.84 Å². The van der Waals surface area contributed by atoms with Gasteiger partial charge in [-0.15, -0.1) is 0 Å². The molecule has 0 saturated carbocycles. The quantitative estimate of drug-likeness (QED) is 0.743. The Bertz CT molecular complexity index is 163. The molecule has 0 unspecified atom stereocenters. The minimum Gasteiger partial charge on any atom is -0.396 e. The number of hydrogen-bond donors (Lipinski definition) is 1. The molecule has 0 radical (unpaired) electrons. The molecule has 3 nitrogen and oxygen atoms in total. The van der Waals surface area contributed by atoms with Crippen LogP contribution in [-0.2, 0) is 4.74 Å². The Morgan fingerprint density at radius 2 is 1.93 bits per heavy atom. The van der Waals surface area contributed by atoms with Gasteiger partial charge in [0.2, 0.25) is 0 Å². The molecule has 0 bridgehead atoms. The molecule has 0 aromatic rings. The minimum absolute atomic E-state index is 0.0554. The van der Waals surface area contributed by atoms with E-state index in [4.69, 9.17) is 9.84 Å². The predicted octanol–water partition coefficient (Wildman–Crippen LogP) is 1.26. The zero-order valence-electron chi connectivity index (χ0n) is 9.62. The van der Waals surface area contributed by atoms with Gasteiger partial charge in [0.1, 0.15) is 0 Å². The van der Waals surface area contributed by atoms with E-state index in [1.165, 1.54) is 0 Å². The normalized spacial score (nSPS) is 22.9. The average molecular weight is 201 g/mol. The van der Waals surface area contributed by atoms with Crippen molar-refractivity contribution in [3.8, 4) is 0 Å². The van der Waals surface area contributed by atoms with Crippen LogP contribution in [0.2, 0.25) is 0 Å². The molecule has 0 aromatic carbocycles. The molecule has 0 amide bonds. The van der Waals surface area contributed by atoms with Gasteiger partial charge in [-0.05, 0) is 33.1 Å². The maximum atomic E-state index is 9.00. The Morgan fingerprint density at radius 3 is 2.29 bits per heavy atom. The first-order chi connectivity index (χ1) is 6.63. The van der Waals surface area contributed by atoms with Crippen LogP contribution < -0.4 is 0 Å². The van der Waals surface area contributed by atoms with Crippen molar-refractivity contribution in [2.75, 3.05) is 26.8 Å². The minimum atomic E-state index is -0.0554. The van der Waals surface area contributed by atoms with Gasteiger partial charge in [-0.25, -0.2) is 0 Å². The summed E-state index contributed by atoms with van der Waals surface area (Å²) in [7, 11) is 1.76. The van der Waals surface area contributed by atoms with E-state index in [1.54, 1.807) is 7.11 Å². The number of methoxy groups -OCH3 is 1. The number of hydrogen-bond acceptors (Lipinski definition) is 3. The van der Waals surface area contributed by atoms with E-state index in [-0.39, 0.29) is 12.2 Å². The van der Waals surface area contributed by atoms with Crippen LogP contribution in [-0.4, -0.2) is 48.5 Å². The monoisotopic (exact) mass is 201 g/mol. The molecule has 0 aliphatic carbocycles. The van der Waals surface area contributed by atoms with Gasteiger partial charge in [0.25, 0.3) is 0 Å². The third kappa shape index (κ3) is 2.69. The summed E-state index contributed by atoms with van der Waals surface area (Å²) in [6.07, 6.45) is 2.86. The lowest BCUT2D eigenvalue weighted by Crippen LogP contribution is -2.48.